The van der Waals surface area contributed by atoms with E-state index in [0.29, 0.717) is 0 Å². The van der Waals surface area contributed by atoms with Crippen LogP contribution in [0, 0.1) is 0 Å². The number of pyridine rings is 1. The van der Waals surface area contributed by atoms with Gasteiger partial charge in [-0.05, 0) is 33.7 Å². The minimum atomic E-state index is -0.356. The number of nitrogens with two attached hydrogens (primary N) is 1. The average molecular weight is 313 g/mol. The van der Waals surface area contributed by atoms with E-state index < -0.39 is 0 Å². The van der Waals surface area contributed by atoms with Gasteiger partial charge >= 0.3 is 0 Å². The van der Waals surface area contributed by atoms with Crippen LogP contribution in [0.25, 0.3) is 21.9 Å². The van der Waals surface area contributed by atoms with E-state index in [0.717, 1.165) is 23.9 Å². The third kappa shape index (κ3) is 1.39. The molecule has 4 bridgehead atoms. The molecule has 0 saturated carbocycles. The molecule has 0 saturated heterocycles. The summed E-state index contributed by atoms with van der Waals surface area (Å²) in [4.78, 5) is 9.43. The van der Waals surface area contributed by atoms with Gasteiger partial charge in [-0.25, -0.2) is 4.99 Å². The summed E-state index contributed by atoms with van der Waals surface area (Å²) < 4.78 is 5.95. The van der Waals surface area contributed by atoms with Crippen molar-refractivity contribution in [3.8, 4) is 11.1 Å². The number of nitrogens with zero attached hydrogens (tertiary/aromatic N) is 2. The lowest BCUT2D eigenvalue weighted by Crippen LogP contribution is -2.33. The monoisotopic (exact) mass is 313 g/mol. The minimum absolute atomic E-state index is 0.215. The molecule has 24 heavy (non-hydrogen) atoms. The molecular weight excluding hydrogens is 298 g/mol. The highest BCUT2D eigenvalue weighted by atomic mass is 16.5. The number of benzene rings is 2. The number of hydrogen-bond donors (Lipinski definition) is 1. The first-order chi connectivity index (χ1) is 11.7. The van der Waals surface area contributed by atoms with Crippen LogP contribution in [-0.4, -0.2) is 16.5 Å². The standard InChI is InChI=1S/C20H15N3O/c21-19-23-20-8-11-3-1-6-14(16(11)9-20)13-5-2-4-12-10-22-17(7-15(12)13)18(20)24-19/h1-7,10,18H,8-9H2,(H2,21,23)/t18-,20?/m1/s1. The van der Waals surface area contributed by atoms with Crippen LogP contribution in [0.2, 0.25) is 0 Å². The van der Waals surface area contributed by atoms with Crippen molar-refractivity contribution >= 4 is 16.8 Å². The zero-order valence-electron chi connectivity index (χ0n) is 13.0. The van der Waals surface area contributed by atoms with Gasteiger partial charge < -0.3 is 10.5 Å². The zero-order valence-corrected chi connectivity index (χ0v) is 13.0. The zero-order chi connectivity index (χ0) is 15.9. The van der Waals surface area contributed by atoms with E-state index in [2.05, 4.69) is 47.4 Å². The van der Waals surface area contributed by atoms with Crippen molar-refractivity contribution in [1.29, 1.82) is 0 Å². The number of rotatable bonds is 0. The summed E-state index contributed by atoms with van der Waals surface area (Å²) in [5.74, 6) is 0. The predicted octanol–water partition coefficient (Wildman–Crippen LogP) is 3.14. The summed E-state index contributed by atoms with van der Waals surface area (Å²) in [6.07, 6.45) is 3.42. The molecular formula is C20H15N3O. The largest absolute Gasteiger partial charge is 0.453 e. The molecule has 116 valence electrons. The Morgan fingerprint density at radius 1 is 1.08 bits per heavy atom. The summed E-state index contributed by atoms with van der Waals surface area (Å²) in [5, 5.41) is 2.36. The number of fused-ring (bicyclic) bond motifs is 3. The Bertz CT molecular complexity index is 1070. The molecule has 1 aliphatic heterocycles. The maximum absolute atomic E-state index is 5.98. The summed E-state index contributed by atoms with van der Waals surface area (Å²) in [7, 11) is 0. The van der Waals surface area contributed by atoms with Gasteiger partial charge in [-0.2, -0.15) is 0 Å². The maximum atomic E-state index is 5.98. The predicted molar refractivity (Wildman–Crippen MR) is 92.8 cm³/mol. The van der Waals surface area contributed by atoms with E-state index in [9.17, 15) is 0 Å². The number of ether oxygens (including phenoxy) is 1. The Kier molecular flexibility index (Phi) is 2.07. The first-order valence-electron chi connectivity index (χ1n) is 8.25. The van der Waals surface area contributed by atoms with Gasteiger partial charge in [0.25, 0.3) is 6.02 Å². The van der Waals surface area contributed by atoms with Crippen LogP contribution >= 0.6 is 0 Å². The van der Waals surface area contributed by atoms with Gasteiger partial charge in [-0.15, -0.1) is 0 Å². The Morgan fingerprint density at radius 2 is 1.96 bits per heavy atom. The fourth-order valence-corrected chi connectivity index (χ4v) is 4.66. The highest BCUT2D eigenvalue weighted by Gasteiger charge is 2.52. The van der Waals surface area contributed by atoms with Crippen molar-refractivity contribution in [3.63, 3.8) is 0 Å². The summed E-state index contributed by atoms with van der Waals surface area (Å²) >= 11 is 0. The van der Waals surface area contributed by atoms with Crippen LogP contribution in [0.1, 0.15) is 22.9 Å². The second-order valence-electron chi connectivity index (χ2n) is 6.98. The van der Waals surface area contributed by atoms with Crippen LogP contribution < -0.4 is 5.73 Å². The normalized spacial score (nSPS) is 25.7. The molecule has 2 N–H and O–H groups in total. The quantitative estimate of drug-likeness (QED) is 0.693. The first kappa shape index (κ1) is 12.5. The Morgan fingerprint density at radius 3 is 2.92 bits per heavy atom. The SMILES string of the molecule is NC1=NC23Cc4cccc(c4C2)-c2cccc4cnc(cc24)[C@H]3O1. The molecule has 0 fully saturated rings. The molecule has 4 heteroatoms. The molecule has 2 aliphatic carbocycles. The van der Waals surface area contributed by atoms with Gasteiger partial charge in [-0.1, -0.05) is 36.4 Å². The minimum Gasteiger partial charge on any atom is -0.453 e. The lowest BCUT2D eigenvalue weighted by molar-refractivity contribution is 0.136. The van der Waals surface area contributed by atoms with Gasteiger partial charge in [0.2, 0.25) is 0 Å². The third-order valence-electron chi connectivity index (χ3n) is 5.66. The molecule has 1 spiro atoms. The molecule has 0 amide bonds. The molecule has 0 radical (unpaired) electrons. The van der Waals surface area contributed by atoms with Crippen molar-refractivity contribution < 1.29 is 4.74 Å². The van der Waals surface area contributed by atoms with E-state index in [1.807, 2.05) is 6.20 Å². The Balaban J connectivity index is 1.79. The topological polar surface area (TPSA) is 60.5 Å². The highest BCUT2D eigenvalue weighted by Crippen LogP contribution is 2.50. The van der Waals surface area contributed by atoms with Gasteiger partial charge in [-0.3, -0.25) is 4.98 Å². The average Bonchev–Trinajstić information content (AvgIpc) is 3.12. The number of amidine groups is 1. The molecule has 1 aromatic heterocycles. The Hall–Kier alpha value is -2.88. The number of aromatic nitrogens is 1. The van der Waals surface area contributed by atoms with Crippen molar-refractivity contribution in [3.05, 3.63) is 65.5 Å². The fourth-order valence-electron chi connectivity index (χ4n) is 4.66. The molecule has 3 aliphatic rings. The molecule has 4 nitrogen and oxygen atoms in total. The lowest BCUT2D eigenvalue weighted by Gasteiger charge is -2.26. The summed E-state index contributed by atoms with van der Waals surface area (Å²) in [6.45, 7) is 0. The van der Waals surface area contributed by atoms with Crippen LogP contribution in [0.3, 0.4) is 0 Å². The van der Waals surface area contributed by atoms with Crippen molar-refractivity contribution in [2.24, 2.45) is 10.7 Å². The van der Waals surface area contributed by atoms with E-state index >= 15 is 0 Å². The smallest absolute Gasteiger partial charge is 0.283 e. The second kappa shape index (κ2) is 3.96. The van der Waals surface area contributed by atoms with Crippen molar-refractivity contribution in [2.75, 3.05) is 0 Å². The molecule has 3 aromatic rings. The first-order valence-corrected chi connectivity index (χ1v) is 8.25. The molecule has 6 rings (SSSR count). The summed E-state index contributed by atoms with van der Waals surface area (Å²) in [5.41, 5.74) is 11.8. The van der Waals surface area contributed by atoms with Crippen LogP contribution in [0.5, 0.6) is 0 Å². The van der Waals surface area contributed by atoms with Gasteiger partial charge in [0, 0.05) is 24.4 Å². The van der Waals surface area contributed by atoms with E-state index in [4.69, 9.17) is 15.5 Å². The van der Waals surface area contributed by atoms with E-state index in [-0.39, 0.29) is 17.7 Å². The highest BCUT2D eigenvalue weighted by molar-refractivity contribution is 5.98. The van der Waals surface area contributed by atoms with E-state index in [1.165, 1.54) is 27.6 Å². The fraction of sp³-hybridized carbons (Fsp3) is 0.200. The molecule has 2 atom stereocenters. The second-order valence-corrected chi connectivity index (χ2v) is 6.98. The van der Waals surface area contributed by atoms with Gasteiger partial charge in [0.15, 0.2) is 6.10 Å². The van der Waals surface area contributed by atoms with Crippen molar-refractivity contribution in [1.82, 2.24) is 4.98 Å². The molecule has 2 heterocycles. The van der Waals surface area contributed by atoms with Crippen molar-refractivity contribution in [2.45, 2.75) is 24.5 Å². The van der Waals surface area contributed by atoms with Gasteiger partial charge in [0.1, 0.15) is 5.54 Å². The Labute approximate surface area is 139 Å². The third-order valence-corrected chi connectivity index (χ3v) is 5.66. The van der Waals surface area contributed by atoms with Crippen LogP contribution in [0.4, 0.5) is 0 Å². The van der Waals surface area contributed by atoms with Crippen LogP contribution in [-0.2, 0) is 17.6 Å². The molecule has 1 unspecified atom stereocenters. The molecule has 2 aromatic carbocycles. The lowest BCUT2D eigenvalue weighted by atomic mass is 9.88. The number of hydrogen-bond acceptors (Lipinski definition) is 4. The van der Waals surface area contributed by atoms with Gasteiger partial charge in [0.05, 0.1) is 5.69 Å². The van der Waals surface area contributed by atoms with E-state index in [1.54, 1.807) is 0 Å². The van der Waals surface area contributed by atoms with Crippen LogP contribution in [0.15, 0.2) is 53.7 Å². The maximum Gasteiger partial charge on any atom is 0.283 e. The summed E-state index contributed by atoms with van der Waals surface area (Å²) in [6, 6.07) is 15.4. The number of aliphatic imine (C=N–C) groups is 1.